The fourth-order valence-corrected chi connectivity index (χ4v) is 4.93. The molecule has 1 amide bonds. The largest absolute Gasteiger partial charge is 0.339 e. The summed E-state index contributed by atoms with van der Waals surface area (Å²) >= 11 is 0. The van der Waals surface area contributed by atoms with Gasteiger partial charge in [-0.1, -0.05) is 32.6 Å². The molecule has 0 aliphatic heterocycles. The summed E-state index contributed by atoms with van der Waals surface area (Å²) in [6, 6.07) is 6.49. The minimum absolute atomic E-state index is 0.0365. The van der Waals surface area contributed by atoms with Gasteiger partial charge in [-0.25, -0.2) is 8.42 Å². The number of sulfonamides is 1. The van der Waals surface area contributed by atoms with Crippen LogP contribution in [0.15, 0.2) is 29.2 Å². The van der Waals surface area contributed by atoms with E-state index in [0.29, 0.717) is 12.1 Å². The highest BCUT2D eigenvalue weighted by Gasteiger charge is 2.29. The molecule has 0 unspecified atom stereocenters. The Hall–Kier alpha value is -1.40. The van der Waals surface area contributed by atoms with Gasteiger partial charge in [0, 0.05) is 31.7 Å². The van der Waals surface area contributed by atoms with E-state index in [0.717, 1.165) is 45.1 Å². The minimum Gasteiger partial charge on any atom is -0.339 e. The van der Waals surface area contributed by atoms with E-state index < -0.39 is 10.0 Å². The Morgan fingerprint density at radius 2 is 1.69 bits per heavy atom. The molecule has 5 nitrogen and oxygen atoms in total. The van der Waals surface area contributed by atoms with Gasteiger partial charge in [-0.3, -0.25) is 4.79 Å². The third-order valence-electron chi connectivity index (χ3n) is 5.32. The van der Waals surface area contributed by atoms with Crippen LogP contribution < -0.4 is 0 Å². The first-order chi connectivity index (χ1) is 12.4. The van der Waals surface area contributed by atoms with Crippen molar-refractivity contribution in [2.24, 2.45) is 0 Å². The van der Waals surface area contributed by atoms with E-state index in [2.05, 4.69) is 6.92 Å². The highest BCUT2D eigenvalue weighted by Crippen LogP contribution is 2.26. The zero-order valence-electron chi connectivity index (χ0n) is 16.3. The molecule has 0 N–H and O–H groups in total. The third-order valence-corrected chi connectivity index (χ3v) is 7.24. The number of hydrogen-bond donors (Lipinski definition) is 0. The van der Waals surface area contributed by atoms with Crippen molar-refractivity contribution in [3.63, 3.8) is 0 Å². The number of carbonyl (C=O) groups excluding carboxylic acids is 1. The van der Waals surface area contributed by atoms with Crippen molar-refractivity contribution in [2.75, 3.05) is 20.1 Å². The Kier molecular flexibility index (Phi) is 7.65. The summed E-state index contributed by atoms with van der Waals surface area (Å²) in [5, 5.41) is 0. The second kappa shape index (κ2) is 9.51. The first-order valence-corrected chi connectivity index (χ1v) is 11.2. The smallest absolute Gasteiger partial charge is 0.253 e. The molecule has 1 saturated carbocycles. The van der Waals surface area contributed by atoms with E-state index in [1.54, 1.807) is 36.2 Å². The minimum atomic E-state index is -3.51. The average molecular weight is 381 g/mol. The highest BCUT2D eigenvalue weighted by molar-refractivity contribution is 7.89. The van der Waals surface area contributed by atoms with Gasteiger partial charge in [0.1, 0.15) is 0 Å². The van der Waals surface area contributed by atoms with Crippen LogP contribution in [0.2, 0.25) is 0 Å². The molecule has 1 aromatic rings. The Morgan fingerprint density at radius 1 is 1.08 bits per heavy atom. The lowest BCUT2D eigenvalue weighted by Crippen LogP contribution is -2.38. The molecule has 0 aromatic heterocycles. The predicted molar refractivity (Wildman–Crippen MR) is 105 cm³/mol. The van der Waals surface area contributed by atoms with Crippen LogP contribution in [0.3, 0.4) is 0 Å². The number of carbonyl (C=O) groups is 1. The third kappa shape index (κ3) is 4.86. The van der Waals surface area contributed by atoms with Crippen molar-refractivity contribution in [3.8, 4) is 0 Å². The molecule has 146 valence electrons. The van der Waals surface area contributed by atoms with Gasteiger partial charge in [0.2, 0.25) is 10.0 Å². The molecule has 1 aliphatic carbocycles. The van der Waals surface area contributed by atoms with Gasteiger partial charge in [0.15, 0.2) is 0 Å². The van der Waals surface area contributed by atoms with E-state index in [4.69, 9.17) is 0 Å². The van der Waals surface area contributed by atoms with E-state index >= 15 is 0 Å². The van der Waals surface area contributed by atoms with Crippen molar-refractivity contribution >= 4 is 15.9 Å². The molecule has 6 heteroatoms. The van der Waals surface area contributed by atoms with Crippen molar-refractivity contribution < 1.29 is 13.2 Å². The van der Waals surface area contributed by atoms with Crippen LogP contribution in [-0.2, 0) is 10.0 Å². The molecule has 1 aromatic carbocycles. The molecular formula is C20H32N2O3S. The summed E-state index contributed by atoms with van der Waals surface area (Å²) < 4.78 is 27.3. The standard InChI is InChI=1S/C20H32N2O3S/c1-4-6-16-22(5-2)20(23)17-12-14-19(15-13-17)26(24,25)21(3)18-10-8-7-9-11-18/h12-15,18H,4-11,16H2,1-3H3. The van der Waals surface area contributed by atoms with Gasteiger partial charge < -0.3 is 4.90 Å². The molecule has 0 radical (unpaired) electrons. The molecule has 2 rings (SSSR count). The summed E-state index contributed by atoms with van der Waals surface area (Å²) in [6.07, 6.45) is 7.22. The number of rotatable bonds is 8. The Bertz CT molecular complexity index is 680. The van der Waals surface area contributed by atoms with Crippen LogP contribution in [0.1, 0.15) is 69.2 Å². The quantitative estimate of drug-likeness (QED) is 0.687. The number of unbranched alkanes of at least 4 members (excludes halogenated alkanes) is 1. The molecule has 1 fully saturated rings. The van der Waals surface area contributed by atoms with E-state index in [1.807, 2.05) is 6.92 Å². The maximum Gasteiger partial charge on any atom is 0.253 e. The van der Waals surface area contributed by atoms with Crippen molar-refractivity contribution in [1.29, 1.82) is 0 Å². The Balaban J connectivity index is 2.13. The maximum atomic E-state index is 12.9. The van der Waals surface area contributed by atoms with Crippen LogP contribution >= 0.6 is 0 Å². The highest BCUT2D eigenvalue weighted by atomic mass is 32.2. The van der Waals surface area contributed by atoms with Crippen molar-refractivity contribution in [1.82, 2.24) is 9.21 Å². The van der Waals surface area contributed by atoms with E-state index in [1.165, 1.54) is 10.7 Å². The zero-order chi connectivity index (χ0) is 19.2. The van der Waals surface area contributed by atoms with Crippen molar-refractivity contribution in [2.45, 2.75) is 69.7 Å². The SMILES string of the molecule is CCCCN(CC)C(=O)c1ccc(S(=O)(=O)N(C)C2CCCCC2)cc1. The van der Waals surface area contributed by atoms with Gasteiger partial charge in [-0.2, -0.15) is 4.31 Å². The number of benzene rings is 1. The number of nitrogens with zero attached hydrogens (tertiary/aromatic N) is 2. The fraction of sp³-hybridized carbons (Fsp3) is 0.650. The molecule has 0 bridgehead atoms. The predicted octanol–water partition coefficient (Wildman–Crippen LogP) is 3.90. The van der Waals surface area contributed by atoms with Crippen LogP contribution in [0.5, 0.6) is 0 Å². The topological polar surface area (TPSA) is 57.7 Å². The second-order valence-electron chi connectivity index (χ2n) is 7.08. The van der Waals surface area contributed by atoms with Gasteiger partial charge in [0.25, 0.3) is 5.91 Å². The number of hydrogen-bond acceptors (Lipinski definition) is 3. The lowest BCUT2D eigenvalue weighted by molar-refractivity contribution is 0.0762. The second-order valence-corrected chi connectivity index (χ2v) is 9.07. The summed E-state index contributed by atoms with van der Waals surface area (Å²) in [5.74, 6) is -0.0365. The maximum absolute atomic E-state index is 12.9. The monoisotopic (exact) mass is 380 g/mol. The lowest BCUT2D eigenvalue weighted by Gasteiger charge is -2.30. The summed E-state index contributed by atoms with van der Waals surface area (Å²) in [5.41, 5.74) is 0.544. The summed E-state index contributed by atoms with van der Waals surface area (Å²) in [7, 11) is -1.84. The Labute approximate surface area is 158 Å². The van der Waals surface area contributed by atoms with Gasteiger partial charge >= 0.3 is 0 Å². The molecule has 1 aliphatic rings. The molecule has 0 saturated heterocycles. The normalized spacial score (nSPS) is 16.0. The molecule has 0 heterocycles. The summed E-state index contributed by atoms with van der Waals surface area (Å²) in [4.78, 5) is 14.7. The first-order valence-electron chi connectivity index (χ1n) is 9.79. The van der Waals surface area contributed by atoms with E-state index in [9.17, 15) is 13.2 Å². The van der Waals surface area contributed by atoms with Gasteiger partial charge in [-0.15, -0.1) is 0 Å². The van der Waals surface area contributed by atoms with Crippen molar-refractivity contribution in [3.05, 3.63) is 29.8 Å². The average Bonchev–Trinajstić information content (AvgIpc) is 2.68. The molecule has 0 atom stereocenters. The first kappa shape index (κ1) is 20.9. The van der Waals surface area contributed by atoms with E-state index in [-0.39, 0.29) is 16.8 Å². The Morgan fingerprint density at radius 3 is 2.23 bits per heavy atom. The van der Waals surface area contributed by atoms with Crippen LogP contribution in [0.4, 0.5) is 0 Å². The molecule has 0 spiro atoms. The summed E-state index contributed by atoms with van der Waals surface area (Å²) in [6.45, 7) is 5.45. The lowest BCUT2D eigenvalue weighted by atomic mass is 9.96. The van der Waals surface area contributed by atoms with Gasteiger partial charge in [0.05, 0.1) is 4.90 Å². The fourth-order valence-electron chi connectivity index (χ4n) is 3.51. The molecule has 26 heavy (non-hydrogen) atoms. The number of amides is 1. The van der Waals surface area contributed by atoms with Crippen LogP contribution in [0.25, 0.3) is 0 Å². The molecular weight excluding hydrogens is 348 g/mol. The van der Waals surface area contributed by atoms with Crippen LogP contribution in [0, 0.1) is 0 Å². The van der Waals surface area contributed by atoms with Crippen LogP contribution in [-0.4, -0.2) is 49.7 Å². The zero-order valence-corrected chi connectivity index (χ0v) is 17.1. The van der Waals surface area contributed by atoms with Gasteiger partial charge in [-0.05, 0) is 50.5 Å².